The van der Waals surface area contributed by atoms with Crippen molar-refractivity contribution < 1.29 is 41.0 Å². The van der Waals surface area contributed by atoms with Gasteiger partial charge in [-0.2, -0.15) is 23.5 Å². The molecule has 0 radical (unpaired) electrons. The Bertz CT molecular complexity index is 1390. The summed E-state index contributed by atoms with van der Waals surface area (Å²) in [6, 6.07) is 8.84. The lowest BCUT2D eigenvalue weighted by Crippen LogP contribution is -2.21. The summed E-state index contributed by atoms with van der Waals surface area (Å²) in [5.41, 5.74) is 2.50. The van der Waals surface area contributed by atoms with Crippen LogP contribution in [0.2, 0.25) is 0 Å². The molecule has 0 spiro atoms. The van der Waals surface area contributed by atoms with Gasteiger partial charge in [-0.05, 0) is 23.8 Å². The number of aromatic amines is 1. The van der Waals surface area contributed by atoms with Gasteiger partial charge >= 0.3 is 18.5 Å². The Hall–Kier alpha value is -4.61. The van der Waals surface area contributed by atoms with Crippen molar-refractivity contribution in [3.63, 3.8) is 0 Å². The Morgan fingerprint density at radius 2 is 1.92 bits per heavy atom. The van der Waals surface area contributed by atoms with Crippen LogP contribution in [0, 0.1) is 11.3 Å². The summed E-state index contributed by atoms with van der Waals surface area (Å²) in [7, 11) is 0. The van der Waals surface area contributed by atoms with Crippen LogP contribution in [0.15, 0.2) is 55.2 Å². The Balaban J connectivity index is 0.000000454. The van der Waals surface area contributed by atoms with Crippen LogP contribution in [0.4, 0.5) is 26.3 Å². The first kappa shape index (κ1) is 26.0. The third-order valence-electron chi connectivity index (χ3n) is 4.55. The molecule has 0 amide bonds. The highest BCUT2D eigenvalue weighted by Gasteiger charge is 2.38. The fraction of sp³-hybridized carbons (Fsp3) is 0.190. The first-order chi connectivity index (χ1) is 16.9. The molecule has 2 N–H and O–H groups in total. The summed E-state index contributed by atoms with van der Waals surface area (Å²) in [5.74, 6) is -3.11. The van der Waals surface area contributed by atoms with Gasteiger partial charge in [0.25, 0.3) is 0 Å². The number of aliphatic carboxylic acids is 1. The van der Waals surface area contributed by atoms with Crippen LogP contribution in [-0.2, 0) is 4.79 Å². The second-order valence-corrected chi connectivity index (χ2v) is 6.97. The van der Waals surface area contributed by atoms with E-state index in [4.69, 9.17) is 9.90 Å². The Morgan fingerprint density at radius 3 is 2.56 bits per heavy atom. The molecule has 0 fully saturated rings. The average molecular weight is 512 g/mol. The number of alkyl halides is 6. The summed E-state index contributed by atoms with van der Waals surface area (Å²) in [5, 5.41) is 21.5. The van der Waals surface area contributed by atoms with Gasteiger partial charge in [-0.15, -0.1) is 13.2 Å². The van der Waals surface area contributed by atoms with Crippen molar-refractivity contribution in [2.24, 2.45) is 0 Å². The van der Waals surface area contributed by atoms with E-state index in [9.17, 15) is 31.6 Å². The number of rotatable bonds is 5. The molecule has 9 nitrogen and oxygen atoms in total. The molecule has 36 heavy (non-hydrogen) atoms. The van der Waals surface area contributed by atoms with Crippen LogP contribution in [-0.4, -0.2) is 48.3 Å². The minimum Gasteiger partial charge on any atom is -0.475 e. The molecule has 1 aromatic carbocycles. The molecule has 15 heteroatoms. The molecule has 0 aliphatic rings. The van der Waals surface area contributed by atoms with Gasteiger partial charge in [0.15, 0.2) is 0 Å². The number of fused-ring (bicyclic) bond motifs is 1. The predicted octanol–water partition coefficient (Wildman–Crippen LogP) is 4.86. The molecular weight excluding hydrogens is 498 g/mol. The summed E-state index contributed by atoms with van der Waals surface area (Å²) in [4.78, 5) is 20.3. The van der Waals surface area contributed by atoms with E-state index in [1.165, 1.54) is 29.2 Å². The quantitative estimate of drug-likeness (QED) is 0.366. The molecule has 1 atom stereocenters. The van der Waals surface area contributed by atoms with Crippen molar-refractivity contribution in [2.75, 3.05) is 0 Å². The Morgan fingerprint density at radius 1 is 1.19 bits per heavy atom. The lowest BCUT2D eigenvalue weighted by molar-refractivity contribution is -0.274. The number of H-pyrrole nitrogens is 1. The summed E-state index contributed by atoms with van der Waals surface area (Å²) >= 11 is 0. The number of nitriles is 1. The topological polar surface area (TPSA) is 130 Å². The van der Waals surface area contributed by atoms with Crippen LogP contribution in [0.1, 0.15) is 18.0 Å². The van der Waals surface area contributed by atoms with Gasteiger partial charge in [-0.1, -0.05) is 12.1 Å². The van der Waals surface area contributed by atoms with Crippen molar-refractivity contribution >= 4 is 17.0 Å². The third-order valence-corrected chi connectivity index (χ3v) is 4.55. The molecule has 188 valence electrons. The highest BCUT2D eigenvalue weighted by atomic mass is 19.4. The first-order valence-electron chi connectivity index (χ1n) is 9.74. The Labute approximate surface area is 197 Å². The maximum Gasteiger partial charge on any atom is 0.573 e. The lowest BCUT2D eigenvalue weighted by Gasteiger charge is -2.16. The Kier molecular flexibility index (Phi) is 7.47. The fourth-order valence-electron chi connectivity index (χ4n) is 3.10. The second kappa shape index (κ2) is 10.3. The number of hydrogen-bond acceptors (Lipinski definition) is 6. The zero-order valence-corrected chi connectivity index (χ0v) is 17.7. The normalized spacial score (nSPS) is 12.4. The SMILES string of the molecule is N#CCC(c1cccc(OC(F)(F)F)c1)n1cc(-c2ncnc3[nH]ccc23)cn1.O=C(O)C(F)(F)F. The largest absolute Gasteiger partial charge is 0.573 e. The summed E-state index contributed by atoms with van der Waals surface area (Å²) in [6.07, 6.45) is -3.39. The summed E-state index contributed by atoms with van der Waals surface area (Å²) < 4.78 is 74.8. The van der Waals surface area contributed by atoms with Crippen molar-refractivity contribution in [1.29, 1.82) is 5.26 Å². The molecule has 0 bridgehead atoms. The van der Waals surface area contributed by atoms with E-state index < -0.39 is 24.5 Å². The number of carbonyl (C=O) groups is 1. The number of carboxylic acids is 1. The number of nitrogens with zero attached hydrogens (tertiary/aromatic N) is 5. The van der Waals surface area contributed by atoms with Gasteiger partial charge in [0.1, 0.15) is 17.7 Å². The van der Waals surface area contributed by atoms with Gasteiger partial charge in [0.2, 0.25) is 0 Å². The standard InChI is InChI=1S/C19H13F3N6O.C2HF3O2/c20-19(21,22)29-14-3-1-2-12(8-14)16(4-6-23)28-10-13(9-27-28)17-15-5-7-24-18(15)26-11-25-17;3-2(4,5)1(6)7/h1-3,5,7-11,16H,4H2,(H,24,25,26);(H,6,7). The zero-order chi connectivity index (χ0) is 26.5. The van der Waals surface area contributed by atoms with Crippen LogP contribution < -0.4 is 4.74 Å². The highest BCUT2D eigenvalue weighted by Crippen LogP contribution is 2.30. The van der Waals surface area contributed by atoms with Gasteiger partial charge in [-0.3, -0.25) is 4.68 Å². The van der Waals surface area contributed by atoms with Gasteiger partial charge in [-0.25, -0.2) is 14.8 Å². The van der Waals surface area contributed by atoms with E-state index in [1.807, 2.05) is 6.07 Å². The van der Waals surface area contributed by atoms with E-state index in [1.54, 1.807) is 24.7 Å². The van der Waals surface area contributed by atoms with Crippen LogP contribution in [0.25, 0.3) is 22.3 Å². The van der Waals surface area contributed by atoms with Crippen LogP contribution >= 0.6 is 0 Å². The second-order valence-electron chi connectivity index (χ2n) is 6.97. The van der Waals surface area contributed by atoms with Crippen molar-refractivity contribution in [3.8, 4) is 23.1 Å². The maximum absolute atomic E-state index is 12.5. The molecule has 1 unspecified atom stereocenters. The molecule has 4 rings (SSSR count). The number of benzene rings is 1. The minimum absolute atomic E-state index is 0.0138. The molecule has 0 saturated heterocycles. The van der Waals surface area contributed by atoms with E-state index >= 15 is 0 Å². The monoisotopic (exact) mass is 512 g/mol. The van der Waals surface area contributed by atoms with E-state index in [0.717, 1.165) is 5.39 Å². The van der Waals surface area contributed by atoms with E-state index in [-0.39, 0.29) is 12.2 Å². The molecular formula is C21H14F6N6O3. The molecule has 3 aromatic heterocycles. The van der Waals surface area contributed by atoms with Crippen molar-refractivity contribution in [2.45, 2.75) is 25.0 Å². The fourth-order valence-corrected chi connectivity index (χ4v) is 3.10. The van der Waals surface area contributed by atoms with Gasteiger partial charge in [0, 0.05) is 23.3 Å². The van der Waals surface area contributed by atoms with E-state index in [0.29, 0.717) is 22.5 Å². The van der Waals surface area contributed by atoms with Gasteiger partial charge in [0.05, 0.1) is 30.4 Å². The maximum atomic E-state index is 12.5. The number of halogens is 6. The number of ether oxygens (including phenoxy) is 1. The number of carboxylic acid groups (broad SMARTS) is 1. The number of hydrogen-bond donors (Lipinski definition) is 2. The first-order valence-corrected chi connectivity index (χ1v) is 9.74. The number of aromatic nitrogens is 5. The van der Waals surface area contributed by atoms with Crippen LogP contribution in [0.3, 0.4) is 0 Å². The molecule has 0 aliphatic heterocycles. The zero-order valence-electron chi connectivity index (χ0n) is 17.7. The average Bonchev–Trinajstić information content (AvgIpc) is 3.46. The van der Waals surface area contributed by atoms with Crippen molar-refractivity contribution in [1.82, 2.24) is 24.7 Å². The predicted molar refractivity (Wildman–Crippen MR) is 110 cm³/mol. The molecule has 4 aromatic rings. The third kappa shape index (κ3) is 6.50. The highest BCUT2D eigenvalue weighted by molar-refractivity contribution is 5.90. The smallest absolute Gasteiger partial charge is 0.475 e. The molecule has 0 aliphatic carbocycles. The minimum atomic E-state index is -5.08. The molecule has 0 saturated carbocycles. The summed E-state index contributed by atoms with van der Waals surface area (Å²) in [6.45, 7) is 0. The molecule has 3 heterocycles. The van der Waals surface area contributed by atoms with Gasteiger partial charge < -0.3 is 14.8 Å². The lowest BCUT2D eigenvalue weighted by atomic mass is 10.0. The number of nitrogens with one attached hydrogen (secondary N) is 1. The van der Waals surface area contributed by atoms with E-state index in [2.05, 4.69) is 30.9 Å². The van der Waals surface area contributed by atoms with Crippen molar-refractivity contribution in [3.05, 3.63) is 60.8 Å². The van der Waals surface area contributed by atoms with Crippen LogP contribution in [0.5, 0.6) is 5.75 Å².